The Labute approximate surface area is 205 Å². The molecule has 0 spiro atoms. The van der Waals surface area contributed by atoms with Crippen LogP contribution in [0.3, 0.4) is 0 Å². The van der Waals surface area contributed by atoms with E-state index in [4.69, 9.17) is 9.72 Å². The van der Waals surface area contributed by atoms with E-state index >= 15 is 0 Å². The van der Waals surface area contributed by atoms with Gasteiger partial charge in [0.05, 0.1) is 16.2 Å². The summed E-state index contributed by atoms with van der Waals surface area (Å²) in [5.74, 6) is 0.405. The quantitative estimate of drug-likeness (QED) is 0.398. The number of para-hydroxylation sites is 1. The van der Waals surface area contributed by atoms with Crippen molar-refractivity contribution in [3.8, 4) is 5.75 Å². The van der Waals surface area contributed by atoms with Crippen molar-refractivity contribution < 1.29 is 17.9 Å². The molecule has 3 rings (SSSR count). The topological polar surface area (TPSA) is 79.8 Å². The number of ether oxygens (including phenoxy) is 1. The number of nitrogens with zero attached hydrogens (tertiary/aromatic N) is 3. The lowest BCUT2D eigenvalue weighted by Gasteiger charge is -2.25. The Morgan fingerprint density at radius 1 is 1.06 bits per heavy atom. The third kappa shape index (κ3) is 6.44. The van der Waals surface area contributed by atoms with Crippen LogP contribution in [0.15, 0.2) is 47.4 Å². The van der Waals surface area contributed by atoms with Gasteiger partial charge in [-0.25, -0.2) is 13.4 Å². The first kappa shape index (κ1) is 27.0. The second kappa shape index (κ2) is 11.8. The predicted octanol–water partition coefficient (Wildman–Crippen LogP) is 4.51. The number of aromatic nitrogens is 1. The summed E-state index contributed by atoms with van der Waals surface area (Å²) >= 11 is 1.42. The van der Waals surface area contributed by atoms with E-state index in [2.05, 4.69) is 18.7 Å². The maximum Gasteiger partial charge on any atom is 0.260 e. The molecule has 0 saturated carbocycles. The number of hydrogen-bond donors (Lipinski definition) is 0. The second-order valence-corrected chi connectivity index (χ2v) is 10.3. The highest BCUT2D eigenvalue weighted by Crippen LogP contribution is 2.35. The van der Waals surface area contributed by atoms with Crippen molar-refractivity contribution in [3.63, 3.8) is 0 Å². The normalized spacial score (nSPS) is 11.4. The number of hydrogen-bond acceptors (Lipinski definition) is 7. The molecule has 0 saturated heterocycles. The molecule has 0 aliphatic heterocycles. The summed E-state index contributed by atoms with van der Waals surface area (Å²) in [7, 11) is -3.42. The molecule has 0 unspecified atom stereocenters. The summed E-state index contributed by atoms with van der Waals surface area (Å²) in [6.07, 6.45) is 1.14. The zero-order chi connectivity index (χ0) is 23.3. The average Bonchev–Trinajstić information content (AvgIpc) is 3.21. The molecule has 180 valence electrons. The maximum absolute atomic E-state index is 13.5. The van der Waals surface area contributed by atoms with E-state index in [1.165, 1.54) is 23.5 Å². The molecule has 7 nitrogen and oxygen atoms in total. The molecule has 2 aromatic carbocycles. The Morgan fingerprint density at radius 3 is 2.39 bits per heavy atom. The molecule has 0 atom stereocenters. The molecule has 0 aliphatic carbocycles. The molecule has 33 heavy (non-hydrogen) atoms. The van der Waals surface area contributed by atoms with Crippen LogP contribution < -0.4 is 9.64 Å². The molecule has 0 bridgehead atoms. The number of fused-ring (bicyclic) bond motifs is 1. The molecule has 1 heterocycles. The van der Waals surface area contributed by atoms with Crippen molar-refractivity contribution in [1.82, 2.24) is 9.88 Å². The Kier molecular flexibility index (Phi) is 9.66. The van der Waals surface area contributed by atoms with Crippen molar-refractivity contribution in [2.24, 2.45) is 0 Å². The number of likely N-dealkylation sites (N-methyl/N-ethyl adjacent to an activating group) is 1. The number of rotatable bonds is 10. The van der Waals surface area contributed by atoms with Crippen LogP contribution in [0, 0.1) is 0 Å². The van der Waals surface area contributed by atoms with E-state index < -0.39 is 9.84 Å². The van der Waals surface area contributed by atoms with Gasteiger partial charge in [-0.1, -0.05) is 37.3 Å². The van der Waals surface area contributed by atoms with Crippen LogP contribution in [-0.2, 0) is 9.84 Å². The molecular weight excluding hydrogens is 482 g/mol. The van der Waals surface area contributed by atoms with Crippen LogP contribution in [0.25, 0.3) is 10.2 Å². The fraction of sp³-hybridized carbons (Fsp3) is 0.391. The van der Waals surface area contributed by atoms with E-state index in [0.29, 0.717) is 36.1 Å². The molecule has 0 N–H and O–H groups in total. The Bertz CT molecular complexity index is 1190. The Balaban J connectivity index is 0.00000385. The van der Waals surface area contributed by atoms with Gasteiger partial charge in [-0.2, -0.15) is 0 Å². The lowest BCUT2D eigenvalue weighted by Crippen LogP contribution is -2.38. The minimum atomic E-state index is -3.42. The fourth-order valence-corrected chi connectivity index (χ4v) is 5.05. The van der Waals surface area contributed by atoms with E-state index in [-0.39, 0.29) is 23.2 Å². The lowest BCUT2D eigenvalue weighted by molar-refractivity contribution is 0.0983. The highest BCUT2D eigenvalue weighted by Gasteiger charge is 2.24. The van der Waals surface area contributed by atoms with Crippen molar-refractivity contribution in [1.29, 1.82) is 0 Å². The first-order valence-electron chi connectivity index (χ1n) is 10.6. The van der Waals surface area contributed by atoms with Crippen LogP contribution in [0.5, 0.6) is 5.75 Å². The minimum Gasteiger partial charge on any atom is -0.492 e. The van der Waals surface area contributed by atoms with Crippen LogP contribution >= 0.6 is 23.7 Å². The molecule has 1 amide bonds. The van der Waals surface area contributed by atoms with Gasteiger partial charge in [0.25, 0.3) is 5.91 Å². The summed E-state index contributed by atoms with van der Waals surface area (Å²) in [5.41, 5.74) is 1.04. The highest BCUT2D eigenvalue weighted by molar-refractivity contribution is 7.90. The average molecular weight is 512 g/mol. The zero-order valence-corrected chi connectivity index (χ0v) is 21.7. The summed E-state index contributed by atoms with van der Waals surface area (Å²) in [6, 6.07) is 11.9. The van der Waals surface area contributed by atoms with Crippen molar-refractivity contribution >= 4 is 54.8 Å². The fourth-order valence-electron chi connectivity index (χ4n) is 3.38. The first-order chi connectivity index (χ1) is 15.3. The largest absolute Gasteiger partial charge is 0.492 e. The Morgan fingerprint density at radius 2 is 1.76 bits per heavy atom. The third-order valence-electron chi connectivity index (χ3n) is 5.19. The van der Waals surface area contributed by atoms with Crippen LogP contribution in [0.2, 0.25) is 0 Å². The highest BCUT2D eigenvalue weighted by atomic mass is 35.5. The van der Waals surface area contributed by atoms with Gasteiger partial charge in [-0.15, -0.1) is 12.4 Å². The standard InChI is InChI=1S/C23H29N3O4S2.ClH/c1-5-25(6-2)14-15-26(22(27)17-10-8-11-18(16-17)32(4,28)29)23-24-21-19(30-7-3)12-9-13-20(21)31-23;/h8-13,16H,5-7,14-15H2,1-4H3;1H. The number of carbonyl (C=O) groups is 1. The number of benzene rings is 2. The molecular formula is C23H30ClN3O4S2. The van der Waals surface area contributed by atoms with Gasteiger partial charge >= 0.3 is 0 Å². The van der Waals surface area contributed by atoms with Crippen LogP contribution in [0.4, 0.5) is 5.13 Å². The molecule has 0 fully saturated rings. The minimum absolute atomic E-state index is 0. The smallest absolute Gasteiger partial charge is 0.260 e. The SMILES string of the molecule is CCOc1cccc2sc(N(CCN(CC)CC)C(=O)c3cccc(S(C)(=O)=O)c3)nc12.Cl. The van der Waals surface area contributed by atoms with E-state index in [9.17, 15) is 13.2 Å². The van der Waals surface area contributed by atoms with Crippen LogP contribution in [-0.4, -0.2) is 63.3 Å². The number of thiazole rings is 1. The zero-order valence-electron chi connectivity index (χ0n) is 19.3. The number of anilines is 1. The van der Waals surface area contributed by atoms with E-state index in [1.807, 2.05) is 25.1 Å². The van der Waals surface area contributed by atoms with Gasteiger partial charge in [0.15, 0.2) is 15.0 Å². The molecule has 0 aliphatic rings. The number of amides is 1. The number of carbonyl (C=O) groups excluding carboxylic acids is 1. The lowest BCUT2D eigenvalue weighted by atomic mass is 10.2. The van der Waals surface area contributed by atoms with Crippen molar-refractivity contribution in [3.05, 3.63) is 48.0 Å². The summed E-state index contributed by atoms with van der Waals surface area (Å²) in [5, 5.41) is 0.564. The van der Waals surface area contributed by atoms with Crippen LogP contribution in [0.1, 0.15) is 31.1 Å². The van der Waals surface area contributed by atoms with Gasteiger partial charge in [0.1, 0.15) is 11.3 Å². The Hall–Kier alpha value is -2.20. The van der Waals surface area contributed by atoms with E-state index in [1.54, 1.807) is 17.0 Å². The van der Waals surface area contributed by atoms with Gasteiger partial charge in [-0.05, 0) is 50.3 Å². The third-order valence-corrected chi connectivity index (χ3v) is 7.34. The van der Waals surface area contributed by atoms with Gasteiger partial charge in [0, 0.05) is 24.9 Å². The summed E-state index contributed by atoms with van der Waals surface area (Å²) in [4.78, 5) is 22.3. The molecule has 3 aromatic rings. The summed E-state index contributed by atoms with van der Waals surface area (Å²) in [6.45, 7) is 9.46. The van der Waals surface area contributed by atoms with Gasteiger partial charge < -0.3 is 9.64 Å². The first-order valence-corrected chi connectivity index (χ1v) is 13.4. The van der Waals surface area contributed by atoms with Gasteiger partial charge in [0.2, 0.25) is 0 Å². The monoisotopic (exact) mass is 511 g/mol. The second-order valence-electron chi connectivity index (χ2n) is 7.32. The number of sulfone groups is 1. The summed E-state index contributed by atoms with van der Waals surface area (Å²) < 4.78 is 30.6. The van der Waals surface area contributed by atoms with Crippen molar-refractivity contribution in [2.75, 3.05) is 43.9 Å². The number of halogens is 1. The van der Waals surface area contributed by atoms with Gasteiger partial charge in [-0.3, -0.25) is 9.69 Å². The predicted molar refractivity (Wildman–Crippen MR) is 137 cm³/mol. The maximum atomic E-state index is 13.5. The molecule has 1 aromatic heterocycles. The van der Waals surface area contributed by atoms with Crippen molar-refractivity contribution in [2.45, 2.75) is 25.7 Å². The molecule has 10 heteroatoms. The molecule has 0 radical (unpaired) electrons. The van der Waals surface area contributed by atoms with E-state index in [0.717, 1.165) is 29.6 Å².